The van der Waals surface area contributed by atoms with Gasteiger partial charge in [-0.2, -0.15) is 8.42 Å². The maximum Gasteiger partial charge on any atom is 0.326 e. The highest BCUT2D eigenvalue weighted by Gasteiger charge is 2.25. The van der Waals surface area contributed by atoms with Gasteiger partial charge in [-0.05, 0) is 43.0 Å². The van der Waals surface area contributed by atoms with Crippen molar-refractivity contribution in [3.8, 4) is 0 Å². The second-order valence-corrected chi connectivity index (χ2v) is 7.38. The number of pyridine rings is 1. The fourth-order valence-electron chi connectivity index (χ4n) is 2.86. The molecule has 7 heteroatoms. The zero-order valence-electron chi connectivity index (χ0n) is 14.5. The number of nitrogens with one attached hydrogen (secondary N) is 1. The van der Waals surface area contributed by atoms with Gasteiger partial charge in [0.05, 0.1) is 5.69 Å². The molecule has 0 bridgehead atoms. The third kappa shape index (κ3) is 3.39. The number of benzene rings is 2. The number of aryl methyl sites for hydroxylation is 1. The highest BCUT2D eigenvalue weighted by atomic mass is 32.2. The average Bonchev–Trinajstić information content (AvgIpc) is 2.62. The van der Waals surface area contributed by atoms with Crippen molar-refractivity contribution in [3.05, 3.63) is 72.1 Å². The molecule has 0 aliphatic rings. The van der Waals surface area contributed by atoms with Crippen LogP contribution in [0.25, 0.3) is 10.8 Å². The van der Waals surface area contributed by atoms with Crippen molar-refractivity contribution in [2.24, 2.45) is 0 Å². The lowest BCUT2D eigenvalue weighted by molar-refractivity contribution is 0.0983. The van der Waals surface area contributed by atoms with Gasteiger partial charge in [0.15, 0.2) is 0 Å². The topological polar surface area (TPSA) is 79.4 Å². The smallest absolute Gasteiger partial charge is 0.268 e. The van der Waals surface area contributed by atoms with E-state index in [1.54, 1.807) is 49.6 Å². The predicted molar refractivity (Wildman–Crippen MR) is 102 cm³/mol. The molecule has 1 aromatic heterocycles. The van der Waals surface area contributed by atoms with E-state index in [1.807, 2.05) is 25.1 Å². The number of nitrogens with zero attached hydrogens (tertiary/aromatic N) is 2. The first-order chi connectivity index (χ1) is 12.4. The van der Waals surface area contributed by atoms with Crippen LogP contribution in [0.3, 0.4) is 0 Å². The van der Waals surface area contributed by atoms with Crippen LogP contribution in [0.5, 0.6) is 0 Å². The lowest BCUT2D eigenvalue weighted by Gasteiger charge is -2.24. The summed E-state index contributed by atoms with van der Waals surface area (Å²) in [4.78, 5) is 16.7. The molecule has 3 aromatic rings. The van der Waals surface area contributed by atoms with Gasteiger partial charge in [-0.3, -0.25) is 14.1 Å². The van der Waals surface area contributed by atoms with Crippen LogP contribution in [0.15, 0.2) is 60.9 Å². The van der Waals surface area contributed by atoms with Crippen molar-refractivity contribution in [1.82, 2.24) is 9.71 Å². The summed E-state index contributed by atoms with van der Waals surface area (Å²) in [6.45, 7) is 3.75. The molecule has 0 unspecified atom stereocenters. The Morgan fingerprint density at radius 1 is 1.12 bits per heavy atom. The summed E-state index contributed by atoms with van der Waals surface area (Å²) in [6.07, 6.45) is 3.20. The van der Waals surface area contributed by atoms with Crippen LogP contribution in [0.4, 0.5) is 5.69 Å². The molecule has 1 amide bonds. The molecular weight excluding hydrogens is 350 g/mol. The zero-order valence-corrected chi connectivity index (χ0v) is 15.3. The molecule has 0 fully saturated rings. The quantitative estimate of drug-likeness (QED) is 0.750. The molecular formula is C19H19N3O3S. The van der Waals surface area contributed by atoms with Gasteiger partial charge in [0.1, 0.15) is 0 Å². The Hall–Kier alpha value is -2.93. The van der Waals surface area contributed by atoms with Crippen molar-refractivity contribution >= 4 is 32.6 Å². The molecule has 0 radical (unpaired) electrons. The summed E-state index contributed by atoms with van der Waals surface area (Å²) in [5.74, 6) is -0.672. The Morgan fingerprint density at radius 2 is 1.88 bits per heavy atom. The van der Waals surface area contributed by atoms with E-state index in [-0.39, 0.29) is 12.1 Å². The molecule has 0 aliphatic heterocycles. The van der Waals surface area contributed by atoms with E-state index in [1.165, 1.54) is 4.31 Å². The third-order valence-electron chi connectivity index (χ3n) is 4.11. The lowest BCUT2D eigenvalue weighted by atomic mass is 10.1. The molecule has 26 heavy (non-hydrogen) atoms. The van der Waals surface area contributed by atoms with E-state index in [2.05, 4.69) is 9.71 Å². The number of aromatic nitrogens is 1. The summed E-state index contributed by atoms with van der Waals surface area (Å²) in [5, 5.41) is 1.41. The summed E-state index contributed by atoms with van der Waals surface area (Å²) < 4.78 is 29.0. The Morgan fingerprint density at radius 3 is 2.62 bits per heavy atom. The Balaban J connectivity index is 1.95. The van der Waals surface area contributed by atoms with Crippen LogP contribution in [-0.4, -0.2) is 25.9 Å². The van der Waals surface area contributed by atoms with E-state index in [0.717, 1.165) is 10.9 Å². The Bertz CT molecular complexity index is 1060. The number of hydrogen-bond donors (Lipinski definition) is 1. The number of carbonyl (C=O) groups is 1. The van der Waals surface area contributed by atoms with Gasteiger partial charge in [0.25, 0.3) is 5.91 Å². The molecule has 0 spiro atoms. The average molecular weight is 369 g/mol. The fraction of sp³-hybridized carbons (Fsp3) is 0.158. The second kappa shape index (κ2) is 7.13. The van der Waals surface area contributed by atoms with Crippen LogP contribution in [0, 0.1) is 6.92 Å². The molecule has 0 atom stereocenters. The fourth-order valence-corrected chi connectivity index (χ4v) is 4.12. The van der Waals surface area contributed by atoms with Gasteiger partial charge in [-0.15, -0.1) is 0 Å². The first-order valence-electron chi connectivity index (χ1n) is 8.17. The van der Waals surface area contributed by atoms with Crippen molar-refractivity contribution in [2.75, 3.05) is 10.8 Å². The molecule has 1 N–H and O–H groups in total. The van der Waals surface area contributed by atoms with Crippen molar-refractivity contribution in [1.29, 1.82) is 0 Å². The summed E-state index contributed by atoms with van der Waals surface area (Å²) in [7, 11) is -4.05. The highest BCUT2D eigenvalue weighted by Crippen LogP contribution is 2.22. The van der Waals surface area contributed by atoms with Crippen molar-refractivity contribution in [2.45, 2.75) is 13.8 Å². The third-order valence-corrected chi connectivity index (χ3v) is 5.59. The van der Waals surface area contributed by atoms with E-state index in [9.17, 15) is 13.2 Å². The van der Waals surface area contributed by atoms with E-state index in [4.69, 9.17) is 0 Å². The van der Waals surface area contributed by atoms with Crippen LogP contribution < -0.4 is 9.03 Å². The monoisotopic (exact) mass is 369 g/mol. The van der Waals surface area contributed by atoms with E-state index < -0.39 is 16.1 Å². The molecule has 134 valence electrons. The number of para-hydroxylation sites is 1. The number of fused-ring (bicyclic) bond motifs is 1. The number of hydrogen-bond acceptors (Lipinski definition) is 4. The molecule has 0 saturated heterocycles. The maximum absolute atomic E-state index is 12.8. The van der Waals surface area contributed by atoms with E-state index in [0.29, 0.717) is 11.1 Å². The number of anilines is 1. The molecule has 0 saturated carbocycles. The predicted octanol–water partition coefficient (Wildman–Crippen LogP) is 3.04. The van der Waals surface area contributed by atoms with Gasteiger partial charge in [-0.1, -0.05) is 30.3 Å². The van der Waals surface area contributed by atoms with Crippen LogP contribution in [0.2, 0.25) is 0 Å². The van der Waals surface area contributed by atoms with Crippen molar-refractivity contribution in [3.63, 3.8) is 0 Å². The highest BCUT2D eigenvalue weighted by molar-refractivity contribution is 7.91. The first-order valence-corrected chi connectivity index (χ1v) is 9.61. The summed E-state index contributed by atoms with van der Waals surface area (Å²) in [6, 6.07) is 13.9. The molecule has 0 aliphatic carbocycles. The minimum Gasteiger partial charge on any atom is -0.268 e. The number of amides is 1. The van der Waals surface area contributed by atoms with Crippen molar-refractivity contribution < 1.29 is 13.2 Å². The molecule has 3 rings (SSSR count). The van der Waals surface area contributed by atoms with Gasteiger partial charge in [0, 0.05) is 29.9 Å². The Kier molecular flexibility index (Phi) is 4.90. The minimum atomic E-state index is -4.05. The first kappa shape index (κ1) is 17.9. The van der Waals surface area contributed by atoms with Gasteiger partial charge < -0.3 is 0 Å². The maximum atomic E-state index is 12.8. The van der Waals surface area contributed by atoms with E-state index >= 15 is 0 Å². The number of carbonyl (C=O) groups excluding carboxylic acids is 1. The van der Waals surface area contributed by atoms with Gasteiger partial charge >= 0.3 is 10.2 Å². The zero-order chi connectivity index (χ0) is 18.7. The summed E-state index contributed by atoms with van der Waals surface area (Å²) in [5.41, 5.74) is 1.63. The standard InChI is InChI=1S/C19H19N3O3S/c1-3-22(18-10-5-4-7-14(18)2)26(24,25)21-19(23)17-9-6-8-15-13-20-12-11-16(15)17/h4-13H,3H2,1-2H3,(H,21,23). The Labute approximate surface area is 152 Å². The lowest BCUT2D eigenvalue weighted by Crippen LogP contribution is -2.44. The largest absolute Gasteiger partial charge is 0.326 e. The second-order valence-electron chi connectivity index (χ2n) is 5.79. The normalized spacial score (nSPS) is 11.3. The van der Waals surface area contributed by atoms with Gasteiger partial charge in [0.2, 0.25) is 0 Å². The van der Waals surface area contributed by atoms with Gasteiger partial charge in [-0.25, -0.2) is 4.72 Å². The molecule has 1 heterocycles. The number of rotatable bonds is 5. The van der Waals surface area contributed by atoms with Crippen LogP contribution in [0.1, 0.15) is 22.8 Å². The SMILES string of the molecule is CCN(c1ccccc1C)S(=O)(=O)NC(=O)c1cccc2cnccc12. The summed E-state index contributed by atoms with van der Waals surface area (Å²) >= 11 is 0. The van der Waals surface area contributed by atoms with Crippen LogP contribution in [-0.2, 0) is 10.2 Å². The molecule has 6 nitrogen and oxygen atoms in total. The molecule has 2 aromatic carbocycles. The van der Waals surface area contributed by atoms with Crippen LogP contribution >= 0.6 is 0 Å². The minimum absolute atomic E-state index is 0.201.